The van der Waals surface area contributed by atoms with Crippen LogP contribution in [0.5, 0.6) is 0 Å². The van der Waals surface area contributed by atoms with Crippen molar-refractivity contribution in [2.24, 2.45) is 7.05 Å². The summed E-state index contributed by atoms with van der Waals surface area (Å²) in [5.74, 6) is -0.601. The molecule has 2 heterocycles. The summed E-state index contributed by atoms with van der Waals surface area (Å²) in [6, 6.07) is 4.13. The van der Waals surface area contributed by atoms with Gasteiger partial charge in [-0.15, -0.1) is 0 Å². The van der Waals surface area contributed by atoms with Crippen LogP contribution >= 0.6 is 0 Å². The molecule has 1 saturated heterocycles. The molecule has 1 aromatic heterocycles. The Kier molecular flexibility index (Phi) is 4.57. The van der Waals surface area contributed by atoms with Gasteiger partial charge in [0.15, 0.2) is 0 Å². The van der Waals surface area contributed by atoms with Gasteiger partial charge in [-0.05, 0) is 26.0 Å². The van der Waals surface area contributed by atoms with Crippen molar-refractivity contribution in [2.75, 3.05) is 19.6 Å². The first-order chi connectivity index (χ1) is 9.47. The Hall–Kier alpha value is -1.66. The molecule has 0 aliphatic carbocycles. The van der Waals surface area contributed by atoms with E-state index in [-0.39, 0.29) is 18.4 Å². The van der Waals surface area contributed by atoms with Gasteiger partial charge in [-0.2, -0.15) is 0 Å². The van der Waals surface area contributed by atoms with Crippen molar-refractivity contribution in [2.45, 2.75) is 25.9 Å². The molecule has 110 valence electrons. The lowest BCUT2D eigenvalue weighted by molar-refractivity contribution is -0.122. The summed E-state index contributed by atoms with van der Waals surface area (Å²) < 4.78 is 1.69. The number of aromatic nitrogens is 1. The van der Waals surface area contributed by atoms with Crippen molar-refractivity contribution in [3.63, 3.8) is 0 Å². The molecule has 2 N–H and O–H groups in total. The maximum absolute atomic E-state index is 12.0. The first kappa shape index (κ1) is 14.7. The molecule has 2 atom stereocenters. The van der Waals surface area contributed by atoms with Gasteiger partial charge in [-0.3, -0.25) is 19.8 Å². The molecule has 20 heavy (non-hydrogen) atoms. The van der Waals surface area contributed by atoms with E-state index in [1.807, 2.05) is 0 Å². The Balaban J connectivity index is 1.89. The largest absolute Gasteiger partial charge is 0.347 e. The highest BCUT2D eigenvalue weighted by Crippen LogP contribution is 2.06. The summed E-state index contributed by atoms with van der Waals surface area (Å²) in [6.07, 6.45) is 1.78. The Morgan fingerprint density at radius 2 is 2.20 bits per heavy atom. The smallest absolute Gasteiger partial charge is 0.274 e. The maximum atomic E-state index is 12.0. The molecule has 1 aromatic rings. The van der Waals surface area contributed by atoms with Gasteiger partial charge in [0, 0.05) is 38.4 Å². The lowest BCUT2D eigenvalue weighted by Gasteiger charge is -2.36. The second-order valence-electron chi connectivity index (χ2n) is 5.47. The highest BCUT2D eigenvalue weighted by atomic mass is 16.2. The van der Waals surface area contributed by atoms with Gasteiger partial charge in [0.1, 0.15) is 5.69 Å². The van der Waals surface area contributed by atoms with Crippen LogP contribution in [0.25, 0.3) is 0 Å². The van der Waals surface area contributed by atoms with Crippen molar-refractivity contribution in [1.82, 2.24) is 20.1 Å². The lowest BCUT2D eigenvalue weighted by Crippen LogP contribution is -2.56. The zero-order valence-electron chi connectivity index (χ0n) is 12.2. The van der Waals surface area contributed by atoms with Gasteiger partial charge in [-0.25, -0.2) is 0 Å². The minimum absolute atomic E-state index is 0.253. The summed E-state index contributed by atoms with van der Waals surface area (Å²) >= 11 is 0. The molecule has 6 heteroatoms. The SMILES string of the molecule is CC1CN(CC(=O)NC(=O)c2cccn2C)C(C)CN1. The predicted molar refractivity (Wildman–Crippen MR) is 76.4 cm³/mol. The normalized spacial score (nSPS) is 23.6. The number of piperazine rings is 1. The fourth-order valence-electron chi connectivity index (χ4n) is 2.43. The highest BCUT2D eigenvalue weighted by Gasteiger charge is 2.24. The van der Waals surface area contributed by atoms with Crippen LogP contribution in [0.1, 0.15) is 24.3 Å². The minimum atomic E-state index is -0.349. The van der Waals surface area contributed by atoms with E-state index in [1.165, 1.54) is 0 Å². The number of carbonyl (C=O) groups is 2. The number of rotatable bonds is 3. The van der Waals surface area contributed by atoms with Crippen LogP contribution in [0.15, 0.2) is 18.3 Å². The topological polar surface area (TPSA) is 66.4 Å². The Morgan fingerprint density at radius 1 is 1.45 bits per heavy atom. The third-order valence-electron chi connectivity index (χ3n) is 3.67. The number of aryl methyl sites for hydroxylation is 1. The Morgan fingerprint density at radius 3 is 2.85 bits per heavy atom. The van der Waals surface area contributed by atoms with E-state index in [2.05, 4.69) is 29.4 Å². The van der Waals surface area contributed by atoms with E-state index in [0.717, 1.165) is 13.1 Å². The fraction of sp³-hybridized carbons (Fsp3) is 0.571. The van der Waals surface area contributed by atoms with Crippen LogP contribution in [-0.4, -0.2) is 53.0 Å². The third-order valence-corrected chi connectivity index (χ3v) is 3.67. The van der Waals surface area contributed by atoms with Crippen molar-refractivity contribution in [3.8, 4) is 0 Å². The molecule has 0 aromatic carbocycles. The van der Waals surface area contributed by atoms with E-state index in [1.54, 1.807) is 29.9 Å². The lowest BCUT2D eigenvalue weighted by atomic mass is 10.1. The number of hydrogen-bond donors (Lipinski definition) is 2. The van der Waals surface area contributed by atoms with Gasteiger partial charge < -0.3 is 9.88 Å². The van der Waals surface area contributed by atoms with Gasteiger partial charge in [-0.1, -0.05) is 0 Å². The molecular formula is C14H22N4O2. The number of nitrogens with zero attached hydrogens (tertiary/aromatic N) is 2. The van der Waals surface area contributed by atoms with Crippen molar-refractivity contribution in [3.05, 3.63) is 24.0 Å². The third kappa shape index (κ3) is 3.46. The number of hydrogen-bond acceptors (Lipinski definition) is 4. The van der Waals surface area contributed by atoms with E-state index in [0.29, 0.717) is 17.8 Å². The molecule has 2 unspecified atom stereocenters. The van der Waals surface area contributed by atoms with Crippen molar-refractivity contribution < 1.29 is 9.59 Å². The number of amides is 2. The van der Waals surface area contributed by atoms with Gasteiger partial charge in [0.25, 0.3) is 5.91 Å². The summed E-state index contributed by atoms with van der Waals surface area (Å²) in [4.78, 5) is 26.0. The zero-order chi connectivity index (χ0) is 14.7. The van der Waals surface area contributed by atoms with Crippen LogP contribution in [0.3, 0.4) is 0 Å². The average Bonchev–Trinajstić information content (AvgIpc) is 2.80. The molecule has 2 rings (SSSR count). The first-order valence-electron chi connectivity index (χ1n) is 6.90. The summed E-state index contributed by atoms with van der Waals surface area (Å²) in [6.45, 7) is 6.09. The van der Waals surface area contributed by atoms with E-state index in [9.17, 15) is 9.59 Å². The monoisotopic (exact) mass is 278 g/mol. The number of nitrogens with one attached hydrogen (secondary N) is 2. The molecule has 6 nitrogen and oxygen atoms in total. The standard InChI is InChI=1S/C14H22N4O2/c1-10-8-18(11(2)7-15-10)9-13(19)16-14(20)12-5-4-6-17(12)3/h4-6,10-11,15H,7-9H2,1-3H3,(H,16,19,20). The zero-order valence-corrected chi connectivity index (χ0v) is 12.2. The molecular weight excluding hydrogens is 256 g/mol. The average molecular weight is 278 g/mol. The molecule has 0 spiro atoms. The van der Waals surface area contributed by atoms with Crippen molar-refractivity contribution >= 4 is 11.8 Å². The summed E-state index contributed by atoms with van der Waals surface area (Å²) in [5, 5.41) is 5.81. The van der Waals surface area contributed by atoms with E-state index in [4.69, 9.17) is 0 Å². The second kappa shape index (κ2) is 6.19. The molecule has 0 bridgehead atoms. The quantitative estimate of drug-likeness (QED) is 0.814. The molecule has 1 aliphatic rings. The van der Waals surface area contributed by atoms with Crippen LogP contribution in [0.2, 0.25) is 0 Å². The second-order valence-corrected chi connectivity index (χ2v) is 5.47. The Labute approximate surface area is 119 Å². The van der Waals surface area contributed by atoms with Gasteiger partial charge >= 0.3 is 0 Å². The first-order valence-corrected chi connectivity index (χ1v) is 6.90. The summed E-state index contributed by atoms with van der Waals surface area (Å²) in [5.41, 5.74) is 0.486. The van der Waals surface area contributed by atoms with E-state index >= 15 is 0 Å². The van der Waals surface area contributed by atoms with Crippen LogP contribution in [0, 0.1) is 0 Å². The maximum Gasteiger partial charge on any atom is 0.274 e. The van der Waals surface area contributed by atoms with Gasteiger partial charge in [0.05, 0.1) is 6.54 Å². The molecule has 2 amide bonds. The molecule has 0 radical (unpaired) electrons. The number of carbonyl (C=O) groups excluding carboxylic acids is 2. The van der Waals surface area contributed by atoms with Gasteiger partial charge in [0.2, 0.25) is 5.91 Å². The Bertz CT molecular complexity index is 497. The van der Waals surface area contributed by atoms with Crippen LogP contribution in [0.4, 0.5) is 0 Å². The van der Waals surface area contributed by atoms with Crippen LogP contribution in [-0.2, 0) is 11.8 Å². The minimum Gasteiger partial charge on any atom is -0.347 e. The molecule has 0 saturated carbocycles. The van der Waals surface area contributed by atoms with E-state index < -0.39 is 0 Å². The summed E-state index contributed by atoms with van der Waals surface area (Å²) in [7, 11) is 1.78. The fourth-order valence-corrected chi connectivity index (χ4v) is 2.43. The van der Waals surface area contributed by atoms with Crippen LogP contribution < -0.4 is 10.6 Å². The molecule has 1 fully saturated rings. The molecule has 1 aliphatic heterocycles. The number of imide groups is 1. The van der Waals surface area contributed by atoms with Crippen molar-refractivity contribution in [1.29, 1.82) is 0 Å². The predicted octanol–water partition coefficient (Wildman–Crippen LogP) is -0.0363. The highest BCUT2D eigenvalue weighted by molar-refractivity contribution is 6.04.